The van der Waals surface area contributed by atoms with Gasteiger partial charge in [0.1, 0.15) is 5.75 Å². The van der Waals surface area contributed by atoms with Gasteiger partial charge in [0, 0.05) is 20.9 Å². The van der Waals surface area contributed by atoms with Crippen LogP contribution in [0, 0.1) is 10.5 Å². The van der Waals surface area contributed by atoms with Crippen LogP contribution in [0.1, 0.15) is 18.1 Å². The Kier molecular flexibility index (Phi) is 4.49. The third-order valence-electron chi connectivity index (χ3n) is 3.81. The molecule has 0 aliphatic rings. The van der Waals surface area contributed by atoms with E-state index < -0.39 is 0 Å². The van der Waals surface area contributed by atoms with Crippen LogP contribution < -0.4 is 0 Å². The molecule has 3 aromatic rings. The summed E-state index contributed by atoms with van der Waals surface area (Å²) in [7, 11) is 0. The molecule has 0 aliphatic carbocycles. The van der Waals surface area contributed by atoms with E-state index in [1.165, 1.54) is 20.7 Å². The van der Waals surface area contributed by atoms with E-state index in [0.29, 0.717) is 5.75 Å². The van der Waals surface area contributed by atoms with Crippen LogP contribution in [0.2, 0.25) is 0 Å². The van der Waals surface area contributed by atoms with Crippen molar-refractivity contribution in [2.75, 3.05) is 0 Å². The summed E-state index contributed by atoms with van der Waals surface area (Å²) in [6, 6.07) is 12.3. The summed E-state index contributed by atoms with van der Waals surface area (Å²) in [5.74, 6) is 0.325. The van der Waals surface area contributed by atoms with Gasteiger partial charge in [-0.15, -0.1) is 0 Å². The smallest absolute Gasteiger partial charge is 0.124 e. The predicted molar refractivity (Wildman–Crippen MR) is 101 cm³/mol. The molecule has 0 aliphatic heterocycles. The van der Waals surface area contributed by atoms with Crippen molar-refractivity contribution in [2.45, 2.75) is 20.3 Å². The maximum atomic E-state index is 10.4. The molecule has 4 heteroatoms. The lowest BCUT2D eigenvalue weighted by molar-refractivity contribution is 0.477. The molecule has 0 bridgehead atoms. The molecule has 112 valence electrons. The zero-order valence-electron chi connectivity index (χ0n) is 12.4. The van der Waals surface area contributed by atoms with Crippen molar-refractivity contribution in [3.63, 3.8) is 0 Å². The lowest BCUT2D eigenvalue weighted by atomic mass is 9.98. The minimum Gasteiger partial charge on any atom is -0.507 e. The molecule has 0 saturated carbocycles. The van der Waals surface area contributed by atoms with Gasteiger partial charge >= 0.3 is 0 Å². The van der Waals surface area contributed by atoms with Crippen LogP contribution in [0.3, 0.4) is 0 Å². The minimum absolute atomic E-state index is 0.325. The van der Waals surface area contributed by atoms with Gasteiger partial charge in [-0.25, -0.2) is 0 Å². The molecule has 0 fully saturated rings. The van der Waals surface area contributed by atoms with Crippen LogP contribution in [0.25, 0.3) is 21.6 Å². The average molecular weight is 421 g/mol. The molecule has 2 nitrogen and oxygen atoms in total. The third-order valence-corrected chi connectivity index (χ3v) is 5.36. The maximum absolute atomic E-state index is 10.4. The number of rotatable bonds is 3. The summed E-state index contributed by atoms with van der Waals surface area (Å²) < 4.78 is 5.55. The van der Waals surface area contributed by atoms with Gasteiger partial charge in [-0.05, 0) is 88.4 Å². The summed E-state index contributed by atoms with van der Waals surface area (Å²) in [6.45, 7) is 4.17. The van der Waals surface area contributed by atoms with Crippen LogP contribution >= 0.6 is 34.1 Å². The summed E-state index contributed by atoms with van der Waals surface area (Å²) in [4.78, 5) is 1.02. The van der Waals surface area contributed by atoms with E-state index in [4.69, 9.17) is 0 Å². The Morgan fingerprint density at radius 3 is 2.55 bits per heavy atom. The monoisotopic (exact) mass is 421 g/mol. The molecule has 0 unspecified atom stereocenters. The fourth-order valence-electron chi connectivity index (χ4n) is 2.57. The summed E-state index contributed by atoms with van der Waals surface area (Å²) in [6.07, 6.45) is 2.84. The Balaban J connectivity index is 2.15. The highest BCUT2D eigenvalue weighted by molar-refractivity contribution is 14.1. The number of hydrogen-bond acceptors (Lipinski definition) is 3. The lowest BCUT2D eigenvalue weighted by Gasteiger charge is -2.10. The molecule has 22 heavy (non-hydrogen) atoms. The number of aromatic hydroxyl groups is 1. The lowest BCUT2D eigenvalue weighted by Crippen LogP contribution is -1.89. The largest absolute Gasteiger partial charge is 0.507 e. The molecule has 0 atom stereocenters. The first kappa shape index (κ1) is 15.5. The van der Waals surface area contributed by atoms with Crippen molar-refractivity contribution in [1.29, 1.82) is 0 Å². The standard InChI is InChI=1S/C18H16INOS/c1-3-12-9-15(17(21)8-11(12)2)18-16(10-20-22-18)13-4-6-14(19)7-5-13/h4-10,21H,3H2,1-2H3. The number of aromatic nitrogens is 1. The number of phenolic OH excluding ortho intramolecular Hbond substituents is 1. The van der Waals surface area contributed by atoms with Crippen molar-refractivity contribution in [2.24, 2.45) is 0 Å². The quantitative estimate of drug-likeness (QED) is 0.554. The number of hydrogen-bond donors (Lipinski definition) is 1. The van der Waals surface area contributed by atoms with E-state index in [0.717, 1.165) is 33.6 Å². The first-order valence-electron chi connectivity index (χ1n) is 7.13. The van der Waals surface area contributed by atoms with E-state index >= 15 is 0 Å². The van der Waals surface area contributed by atoms with Crippen LogP contribution in [0.5, 0.6) is 5.75 Å². The Morgan fingerprint density at radius 2 is 1.86 bits per heavy atom. The maximum Gasteiger partial charge on any atom is 0.124 e. The summed E-state index contributed by atoms with van der Waals surface area (Å²) in [5.41, 5.74) is 5.46. The second kappa shape index (κ2) is 6.38. The summed E-state index contributed by atoms with van der Waals surface area (Å²) in [5, 5.41) is 10.4. The van der Waals surface area contributed by atoms with Crippen molar-refractivity contribution >= 4 is 34.1 Å². The highest BCUT2D eigenvalue weighted by Gasteiger charge is 2.15. The second-order valence-electron chi connectivity index (χ2n) is 5.22. The Bertz CT molecular complexity index is 808. The number of benzene rings is 2. The topological polar surface area (TPSA) is 33.1 Å². The number of aryl methyl sites for hydroxylation is 2. The predicted octanol–water partition coefficient (Wildman–Crippen LogP) is 5.66. The summed E-state index contributed by atoms with van der Waals surface area (Å²) >= 11 is 3.73. The molecule has 0 radical (unpaired) electrons. The van der Waals surface area contributed by atoms with E-state index in [9.17, 15) is 5.11 Å². The molecule has 0 spiro atoms. The van der Waals surface area contributed by atoms with Crippen LogP contribution in [0.4, 0.5) is 0 Å². The number of phenols is 1. The normalized spacial score (nSPS) is 10.9. The van der Waals surface area contributed by atoms with Gasteiger partial charge in [-0.1, -0.05) is 19.1 Å². The minimum atomic E-state index is 0.325. The van der Waals surface area contributed by atoms with E-state index in [1.54, 1.807) is 0 Å². The highest BCUT2D eigenvalue weighted by Crippen LogP contribution is 2.40. The molecule has 0 saturated heterocycles. The Morgan fingerprint density at radius 1 is 1.14 bits per heavy atom. The first-order valence-corrected chi connectivity index (χ1v) is 8.99. The Labute approximate surface area is 148 Å². The van der Waals surface area contributed by atoms with E-state index in [2.05, 4.69) is 64.2 Å². The van der Waals surface area contributed by atoms with E-state index in [1.807, 2.05) is 19.2 Å². The average Bonchev–Trinajstić information content (AvgIpc) is 2.97. The van der Waals surface area contributed by atoms with Gasteiger partial charge in [-0.2, -0.15) is 4.37 Å². The SMILES string of the molecule is CCc1cc(-c2sncc2-c2ccc(I)cc2)c(O)cc1C. The molecule has 3 rings (SSSR count). The van der Waals surface area contributed by atoms with Crippen molar-refractivity contribution in [3.05, 3.63) is 57.3 Å². The molecular weight excluding hydrogens is 405 g/mol. The highest BCUT2D eigenvalue weighted by atomic mass is 127. The van der Waals surface area contributed by atoms with Crippen molar-refractivity contribution in [3.8, 4) is 27.3 Å². The van der Waals surface area contributed by atoms with Gasteiger partial charge in [0.25, 0.3) is 0 Å². The van der Waals surface area contributed by atoms with Gasteiger partial charge in [-0.3, -0.25) is 0 Å². The second-order valence-corrected chi connectivity index (χ2v) is 7.27. The van der Waals surface area contributed by atoms with Gasteiger partial charge in [0.15, 0.2) is 0 Å². The van der Waals surface area contributed by atoms with Crippen LogP contribution in [0.15, 0.2) is 42.6 Å². The van der Waals surface area contributed by atoms with Gasteiger partial charge < -0.3 is 5.11 Å². The van der Waals surface area contributed by atoms with E-state index in [-0.39, 0.29) is 0 Å². The zero-order valence-corrected chi connectivity index (χ0v) is 15.4. The molecule has 0 amide bonds. The molecule has 2 aromatic carbocycles. The van der Waals surface area contributed by atoms with Gasteiger partial charge in [0.2, 0.25) is 0 Å². The van der Waals surface area contributed by atoms with Gasteiger partial charge in [0.05, 0.1) is 4.88 Å². The fourth-order valence-corrected chi connectivity index (χ4v) is 3.72. The fraction of sp³-hybridized carbons (Fsp3) is 0.167. The van der Waals surface area contributed by atoms with Crippen LogP contribution in [-0.4, -0.2) is 9.48 Å². The Hall–Kier alpha value is -1.40. The molecule has 1 aromatic heterocycles. The van der Waals surface area contributed by atoms with Crippen molar-refractivity contribution < 1.29 is 5.11 Å². The van der Waals surface area contributed by atoms with Crippen molar-refractivity contribution in [1.82, 2.24) is 4.37 Å². The molecule has 1 N–H and O–H groups in total. The third kappa shape index (κ3) is 2.90. The zero-order chi connectivity index (χ0) is 15.7. The van der Waals surface area contributed by atoms with Crippen LogP contribution in [-0.2, 0) is 6.42 Å². The molecule has 1 heterocycles. The molecular formula is C18H16INOS. The number of halogens is 1. The number of nitrogens with zero attached hydrogens (tertiary/aromatic N) is 1. The first-order chi connectivity index (χ1) is 10.6.